The summed E-state index contributed by atoms with van der Waals surface area (Å²) < 4.78 is 4.52. The van der Waals surface area contributed by atoms with Crippen molar-refractivity contribution in [1.82, 2.24) is 4.57 Å². The zero-order valence-corrected chi connectivity index (χ0v) is 15.0. The summed E-state index contributed by atoms with van der Waals surface area (Å²) in [7, 11) is 0. The topological polar surface area (TPSA) is 51.2 Å². The molecular weight excluding hydrogens is 396 g/mol. The SMILES string of the molecule is CC1Cc2c(c3cc(Br)ccc3n2CC(O)CN)C=C1Br. The van der Waals surface area contributed by atoms with Gasteiger partial charge >= 0.3 is 0 Å². The van der Waals surface area contributed by atoms with Crippen LogP contribution >= 0.6 is 31.9 Å². The third kappa shape index (κ3) is 2.72. The van der Waals surface area contributed by atoms with E-state index in [4.69, 9.17) is 5.73 Å². The number of benzene rings is 1. The molecule has 2 atom stereocenters. The highest BCUT2D eigenvalue weighted by Gasteiger charge is 2.24. The third-order valence-electron chi connectivity index (χ3n) is 4.09. The number of nitrogens with zero attached hydrogens (tertiary/aromatic N) is 1. The molecule has 1 aliphatic carbocycles. The molecule has 0 bridgehead atoms. The number of hydrogen-bond acceptors (Lipinski definition) is 2. The number of nitrogens with two attached hydrogens (primary N) is 1. The van der Waals surface area contributed by atoms with Crippen LogP contribution in [0.4, 0.5) is 0 Å². The minimum Gasteiger partial charge on any atom is -0.390 e. The van der Waals surface area contributed by atoms with E-state index in [1.165, 1.54) is 21.1 Å². The van der Waals surface area contributed by atoms with Gasteiger partial charge in [0.2, 0.25) is 0 Å². The first-order chi connectivity index (χ1) is 10.0. The zero-order valence-electron chi connectivity index (χ0n) is 11.8. The van der Waals surface area contributed by atoms with Crippen molar-refractivity contribution in [1.29, 1.82) is 0 Å². The average molecular weight is 414 g/mol. The van der Waals surface area contributed by atoms with Gasteiger partial charge in [-0.1, -0.05) is 38.8 Å². The Morgan fingerprint density at radius 2 is 2.19 bits per heavy atom. The summed E-state index contributed by atoms with van der Waals surface area (Å²) in [5.74, 6) is 0.457. The van der Waals surface area contributed by atoms with Crippen molar-refractivity contribution in [3.8, 4) is 0 Å². The molecule has 112 valence electrons. The Morgan fingerprint density at radius 3 is 2.90 bits per heavy atom. The van der Waals surface area contributed by atoms with E-state index in [9.17, 15) is 5.11 Å². The van der Waals surface area contributed by atoms with Crippen LogP contribution in [-0.2, 0) is 13.0 Å². The van der Waals surface area contributed by atoms with E-state index < -0.39 is 6.10 Å². The van der Waals surface area contributed by atoms with Gasteiger partial charge in [0.25, 0.3) is 0 Å². The molecule has 0 fully saturated rings. The summed E-state index contributed by atoms with van der Waals surface area (Å²) in [5, 5.41) is 11.2. The standard InChI is InChI=1S/C16H18Br2N2O/c1-9-4-16-13(6-14(9)18)12-5-10(17)2-3-15(12)20(16)8-11(21)7-19/h2-3,5-6,9,11,21H,4,7-8,19H2,1H3. The maximum Gasteiger partial charge on any atom is 0.0841 e. The van der Waals surface area contributed by atoms with E-state index in [0.29, 0.717) is 12.5 Å². The van der Waals surface area contributed by atoms with Crippen LogP contribution in [0.15, 0.2) is 27.2 Å². The van der Waals surface area contributed by atoms with E-state index in [0.717, 1.165) is 16.4 Å². The fraction of sp³-hybridized carbons (Fsp3) is 0.375. The molecule has 0 saturated heterocycles. The van der Waals surface area contributed by atoms with Gasteiger partial charge < -0.3 is 15.4 Å². The number of allylic oxidation sites excluding steroid dienone is 1. The van der Waals surface area contributed by atoms with E-state index in [-0.39, 0.29) is 6.54 Å². The minimum absolute atomic E-state index is 0.278. The average Bonchev–Trinajstić information content (AvgIpc) is 2.73. The molecule has 3 rings (SSSR count). The summed E-state index contributed by atoms with van der Waals surface area (Å²) in [6.45, 7) is 3.03. The second-order valence-corrected chi connectivity index (χ2v) is 7.49. The monoisotopic (exact) mass is 412 g/mol. The highest BCUT2D eigenvalue weighted by Crippen LogP contribution is 2.38. The molecule has 3 nitrogen and oxygen atoms in total. The van der Waals surface area contributed by atoms with Crippen LogP contribution in [0.3, 0.4) is 0 Å². The molecule has 2 unspecified atom stereocenters. The lowest BCUT2D eigenvalue weighted by atomic mass is 9.94. The van der Waals surface area contributed by atoms with Crippen molar-refractivity contribution in [3.05, 3.63) is 38.4 Å². The lowest BCUT2D eigenvalue weighted by Gasteiger charge is -2.21. The molecule has 1 aromatic heterocycles. The molecule has 1 aliphatic rings. The van der Waals surface area contributed by atoms with Crippen molar-refractivity contribution in [2.24, 2.45) is 11.7 Å². The molecule has 0 radical (unpaired) electrons. The second kappa shape index (κ2) is 5.88. The predicted molar refractivity (Wildman–Crippen MR) is 94.5 cm³/mol. The Morgan fingerprint density at radius 1 is 1.43 bits per heavy atom. The first-order valence-electron chi connectivity index (χ1n) is 7.07. The quantitative estimate of drug-likeness (QED) is 0.806. The van der Waals surface area contributed by atoms with Gasteiger partial charge in [-0.05, 0) is 41.1 Å². The first kappa shape index (κ1) is 15.3. The maximum absolute atomic E-state index is 9.98. The highest BCUT2D eigenvalue weighted by atomic mass is 79.9. The number of aromatic nitrogens is 1. The highest BCUT2D eigenvalue weighted by molar-refractivity contribution is 9.11. The second-order valence-electron chi connectivity index (χ2n) is 5.66. The Bertz CT molecular complexity index is 721. The number of hydrogen-bond donors (Lipinski definition) is 2. The zero-order chi connectivity index (χ0) is 15.1. The number of halogens is 2. The largest absolute Gasteiger partial charge is 0.390 e. The lowest BCUT2D eigenvalue weighted by molar-refractivity contribution is 0.162. The molecule has 3 N–H and O–H groups in total. The van der Waals surface area contributed by atoms with E-state index in [1.807, 2.05) is 6.07 Å². The lowest BCUT2D eigenvalue weighted by Crippen LogP contribution is -2.26. The summed E-state index contributed by atoms with van der Waals surface area (Å²) in [6.07, 6.45) is 2.66. The molecule has 21 heavy (non-hydrogen) atoms. The van der Waals surface area contributed by atoms with Crippen LogP contribution in [0, 0.1) is 5.92 Å². The Kier molecular flexibility index (Phi) is 4.28. The maximum atomic E-state index is 9.98. The van der Waals surface area contributed by atoms with E-state index >= 15 is 0 Å². The van der Waals surface area contributed by atoms with Crippen molar-refractivity contribution in [3.63, 3.8) is 0 Å². The predicted octanol–water partition coefficient (Wildman–Crippen LogP) is 3.65. The minimum atomic E-state index is -0.516. The molecule has 1 heterocycles. The van der Waals surface area contributed by atoms with Crippen LogP contribution in [0.25, 0.3) is 17.0 Å². The van der Waals surface area contributed by atoms with E-state index in [1.54, 1.807) is 0 Å². The van der Waals surface area contributed by atoms with E-state index in [2.05, 4.69) is 61.6 Å². The van der Waals surface area contributed by atoms with Gasteiger partial charge in [-0.25, -0.2) is 0 Å². The number of fused-ring (bicyclic) bond motifs is 3. The summed E-state index contributed by atoms with van der Waals surface area (Å²) in [6, 6.07) is 6.29. The van der Waals surface area contributed by atoms with Gasteiger partial charge in [-0.15, -0.1) is 0 Å². The smallest absolute Gasteiger partial charge is 0.0841 e. The molecule has 0 spiro atoms. The van der Waals surface area contributed by atoms with Gasteiger partial charge in [0.1, 0.15) is 0 Å². The first-order valence-corrected chi connectivity index (χ1v) is 8.65. The fourth-order valence-electron chi connectivity index (χ4n) is 2.95. The third-order valence-corrected chi connectivity index (χ3v) is 5.60. The molecule has 1 aromatic carbocycles. The van der Waals surface area contributed by atoms with Gasteiger partial charge in [0.15, 0.2) is 0 Å². The summed E-state index contributed by atoms with van der Waals surface area (Å²) >= 11 is 7.22. The molecule has 0 saturated carbocycles. The van der Waals surface area contributed by atoms with Crippen molar-refractivity contribution < 1.29 is 5.11 Å². The Balaban J connectivity index is 2.24. The molecule has 0 amide bonds. The van der Waals surface area contributed by atoms with Crippen molar-refractivity contribution in [2.45, 2.75) is 26.0 Å². The normalized spacial score (nSPS) is 19.5. The van der Waals surface area contributed by atoms with Crippen LogP contribution < -0.4 is 5.73 Å². The van der Waals surface area contributed by atoms with Crippen LogP contribution in [-0.4, -0.2) is 22.3 Å². The van der Waals surface area contributed by atoms with Gasteiger partial charge in [-0.3, -0.25) is 0 Å². The fourth-order valence-corrected chi connectivity index (χ4v) is 3.70. The molecule has 0 aliphatic heterocycles. The van der Waals surface area contributed by atoms with Gasteiger partial charge in [0, 0.05) is 33.2 Å². The number of aliphatic hydroxyl groups is 1. The Labute approximate surface area is 141 Å². The summed E-state index contributed by atoms with van der Waals surface area (Å²) in [5.41, 5.74) is 9.28. The summed E-state index contributed by atoms with van der Waals surface area (Å²) in [4.78, 5) is 0. The van der Waals surface area contributed by atoms with Crippen molar-refractivity contribution >= 4 is 48.8 Å². The van der Waals surface area contributed by atoms with Crippen LogP contribution in [0.2, 0.25) is 0 Å². The molecule has 2 aromatic rings. The molecular formula is C16H18Br2N2O. The van der Waals surface area contributed by atoms with Crippen LogP contribution in [0.1, 0.15) is 18.2 Å². The van der Waals surface area contributed by atoms with Crippen molar-refractivity contribution in [2.75, 3.05) is 6.54 Å². The van der Waals surface area contributed by atoms with Gasteiger partial charge in [0.05, 0.1) is 12.6 Å². The molecule has 5 heteroatoms. The number of rotatable bonds is 3. The number of aliphatic hydroxyl groups excluding tert-OH is 1. The van der Waals surface area contributed by atoms with Gasteiger partial charge in [-0.2, -0.15) is 0 Å². The Hall–Kier alpha value is -0.620. The van der Waals surface area contributed by atoms with Crippen LogP contribution in [0.5, 0.6) is 0 Å².